The summed E-state index contributed by atoms with van der Waals surface area (Å²) in [4.78, 5) is 0. The van der Waals surface area contributed by atoms with Crippen LogP contribution in [0.1, 0.15) is 86.0 Å². The van der Waals surface area contributed by atoms with Gasteiger partial charge in [0.05, 0.1) is 26.4 Å². The number of ether oxygens (including phenoxy) is 4. The summed E-state index contributed by atoms with van der Waals surface area (Å²) >= 11 is 0. The van der Waals surface area contributed by atoms with E-state index in [1.165, 1.54) is 22.3 Å². The molecule has 0 atom stereocenters. The lowest BCUT2D eigenvalue weighted by Crippen LogP contribution is -2.41. The Morgan fingerprint density at radius 1 is 0.811 bits per heavy atom. The van der Waals surface area contributed by atoms with Crippen LogP contribution in [0.2, 0.25) is 18.1 Å². The molecule has 2 aliphatic carbocycles. The second-order valence-corrected chi connectivity index (χ2v) is 16.8. The minimum absolute atomic E-state index is 0. The molecule has 2 spiro atoms. The first-order chi connectivity index (χ1) is 16.5. The van der Waals surface area contributed by atoms with Gasteiger partial charge in [-0.05, 0) is 81.7 Å². The van der Waals surface area contributed by atoms with Gasteiger partial charge in [-0.2, -0.15) is 0 Å². The minimum Gasteiger partial charge on any atom is -0.417 e. The summed E-state index contributed by atoms with van der Waals surface area (Å²) in [5, 5.41) is 9.13. The Kier molecular flexibility index (Phi) is 13.1. The number of hydrogen-bond donors (Lipinski definition) is 2. The molecule has 0 amide bonds. The van der Waals surface area contributed by atoms with Gasteiger partial charge in [0.25, 0.3) is 0 Å². The van der Waals surface area contributed by atoms with Gasteiger partial charge in [-0.1, -0.05) is 31.9 Å². The minimum atomic E-state index is -1.62. The van der Waals surface area contributed by atoms with Gasteiger partial charge in [0, 0.05) is 26.1 Å². The van der Waals surface area contributed by atoms with E-state index < -0.39 is 14.1 Å². The largest absolute Gasteiger partial charge is 0.417 e. The third kappa shape index (κ3) is 7.96. The zero-order chi connectivity index (χ0) is 25.7. The molecule has 2 heterocycles. The average molecular weight is 546 g/mol. The zero-order valence-corrected chi connectivity index (χ0v) is 25.6. The molecule has 37 heavy (non-hydrogen) atoms. The summed E-state index contributed by atoms with van der Waals surface area (Å²) in [6, 6.07) is 0. The standard InChI is InChI=1S/C17H32O3Si.C11H18O3.H3N.H2O/c1-14-9-10-17(18-12-13-19-17)15(14)8-7-11-20-21(5,6)16(2,3)4;1-9-4-5-11(13-7-8-14-11)10(9)3-2-6-12;;/h7-13H2,1-6H3;12H,2-8H2,1H3;1H3;1H2. The smallest absolute Gasteiger partial charge is 0.191 e. The number of aliphatic hydroxyl groups is 1. The quantitative estimate of drug-likeness (QED) is 0.231. The van der Waals surface area contributed by atoms with Crippen LogP contribution >= 0.6 is 0 Å². The van der Waals surface area contributed by atoms with Crippen molar-refractivity contribution >= 4 is 8.32 Å². The van der Waals surface area contributed by atoms with Crippen LogP contribution < -0.4 is 6.15 Å². The van der Waals surface area contributed by atoms with Crippen molar-refractivity contribution in [2.45, 2.75) is 116 Å². The summed E-state index contributed by atoms with van der Waals surface area (Å²) in [5.41, 5.74) is 5.52. The fraction of sp³-hybridized carbons (Fsp3) is 0.857. The highest BCUT2D eigenvalue weighted by atomic mass is 28.4. The van der Waals surface area contributed by atoms with Gasteiger partial charge in [0.15, 0.2) is 19.9 Å². The van der Waals surface area contributed by atoms with Crippen molar-refractivity contribution in [3.8, 4) is 0 Å². The van der Waals surface area contributed by atoms with Crippen molar-refractivity contribution in [3.63, 3.8) is 0 Å². The molecule has 8 nitrogen and oxygen atoms in total. The predicted octanol–water partition coefficient (Wildman–Crippen LogP) is 5.59. The summed E-state index contributed by atoms with van der Waals surface area (Å²) in [5.74, 6) is -0.777. The van der Waals surface area contributed by atoms with E-state index in [4.69, 9.17) is 28.5 Å². The van der Waals surface area contributed by atoms with Crippen molar-refractivity contribution < 1.29 is 34.0 Å². The molecule has 0 unspecified atom stereocenters. The summed E-state index contributed by atoms with van der Waals surface area (Å²) in [7, 11) is -1.62. The monoisotopic (exact) mass is 545 g/mol. The van der Waals surface area contributed by atoms with Crippen LogP contribution in [0.4, 0.5) is 0 Å². The second kappa shape index (κ2) is 14.1. The number of rotatable bonds is 8. The third-order valence-electron chi connectivity index (χ3n) is 8.54. The molecule has 0 saturated carbocycles. The Bertz CT molecular complexity index is 776. The second-order valence-electron chi connectivity index (χ2n) is 12.0. The number of hydrogen-bond acceptors (Lipinski definition) is 7. The van der Waals surface area contributed by atoms with E-state index in [1.807, 2.05) is 0 Å². The maximum atomic E-state index is 8.84. The van der Waals surface area contributed by atoms with Crippen molar-refractivity contribution in [2.75, 3.05) is 39.6 Å². The molecular formula is C28H55NO7Si. The Labute approximate surface area is 226 Å². The molecule has 2 fully saturated rings. The molecule has 218 valence electrons. The first-order valence-electron chi connectivity index (χ1n) is 13.7. The van der Waals surface area contributed by atoms with Crippen LogP contribution in [0.25, 0.3) is 0 Å². The Morgan fingerprint density at radius 3 is 1.59 bits per heavy atom. The van der Waals surface area contributed by atoms with E-state index in [-0.39, 0.29) is 29.1 Å². The molecule has 4 aliphatic rings. The van der Waals surface area contributed by atoms with E-state index in [0.29, 0.717) is 13.2 Å². The summed E-state index contributed by atoms with van der Waals surface area (Å²) in [6.45, 7) is 19.8. The Balaban J connectivity index is 0.000000375. The van der Waals surface area contributed by atoms with Gasteiger partial charge >= 0.3 is 0 Å². The highest BCUT2D eigenvalue weighted by Gasteiger charge is 2.45. The zero-order valence-electron chi connectivity index (χ0n) is 24.6. The van der Waals surface area contributed by atoms with Crippen LogP contribution in [0.15, 0.2) is 22.3 Å². The summed E-state index contributed by atoms with van der Waals surface area (Å²) in [6.07, 6.45) is 7.95. The van der Waals surface area contributed by atoms with Crippen LogP contribution in [-0.2, 0) is 23.4 Å². The molecule has 0 radical (unpaired) electrons. The fourth-order valence-electron chi connectivity index (χ4n) is 5.36. The van der Waals surface area contributed by atoms with Gasteiger partial charge in [-0.15, -0.1) is 0 Å². The van der Waals surface area contributed by atoms with Gasteiger partial charge in [0.2, 0.25) is 0 Å². The number of allylic oxidation sites excluding steroid dienone is 2. The van der Waals surface area contributed by atoms with Crippen molar-refractivity contribution in [1.29, 1.82) is 0 Å². The van der Waals surface area contributed by atoms with E-state index in [0.717, 1.165) is 71.2 Å². The molecule has 2 saturated heterocycles. The van der Waals surface area contributed by atoms with Crippen LogP contribution in [0.3, 0.4) is 0 Å². The average Bonchev–Trinajstić information content (AvgIpc) is 3.57. The van der Waals surface area contributed by atoms with Gasteiger partial charge in [-0.3, -0.25) is 0 Å². The van der Waals surface area contributed by atoms with E-state index in [1.54, 1.807) is 0 Å². The Hall–Kier alpha value is -0.623. The molecule has 0 bridgehead atoms. The maximum Gasteiger partial charge on any atom is 0.191 e. The highest BCUT2D eigenvalue weighted by molar-refractivity contribution is 6.74. The van der Waals surface area contributed by atoms with E-state index in [2.05, 4.69) is 47.7 Å². The van der Waals surface area contributed by atoms with Crippen LogP contribution in [0.5, 0.6) is 0 Å². The van der Waals surface area contributed by atoms with Gasteiger partial charge in [0.1, 0.15) is 0 Å². The molecule has 4 rings (SSSR count). The first kappa shape index (κ1) is 34.4. The summed E-state index contributed by atoms with van der Waals surface area (Å²) < 4.78 is 29.6. The SMILES string of the molecule is CC1=C(CCCO)C2(CC1)OCCO2.CC1=C(CCCO[Si](C)(C)C(C)(C)C)C2(CC1)OCCO2.N.O. The molecule has 2 aliphatic heterocycles. The highest BCUT2D eigenvalue weighted by Crippen LogP contribution is 2.45. The molecular weight excluding hydrogens is 490 g/mol. The van der Waals surface area contributed by atoms with Crippen LogP contribution in [-0.4, -0.2) is 70.1 Å². The molecule has 9 heteroatoms. The Morgan fingerprint density at radius 2 is 1.22 bits per heavy atom. The lowest BCUT2D eigenvalue weighted by molar-refractivity contribution is -0.126. The predicted molar refractivity (Wildman–Crippen MR) is 150 cm³/mol. The first-order valence-corrected chi connectivity index (χ1v) is 16.6. The van der Waals surface area contributed by atoms with Crippen molar-refractivity contribution in [3.05, 3.63) is 22.3 Å². The lowest BCUT2D eigenvalue weighted by atomic mass is 10.0. The molecule has 0 aromatic carbocycles. The molecule has 6 N–H and O–H groups in total. The number of aliphatic hydroxyl groups excluding tert-OH is 1. The fourth-order valence-corrected chi connectivity index (χ4v) is 6.45. The maximum absolute atomic E-state index is 8.84. The van der Waals surface area contributed by atoms with Crippen LogP contribution in [0, 0.1) is 0 Å². The van der Waals surface area contributed by atoms with Crippen molar-refractivity contribution in [1.82, 2.24) is 6.15 Å². The molecule has 0 aromatic heterocycles. The van der Waals surface area contributed by atoms with Crippen molar-refractivity contribution in [2.24, 2.45) is 0 Å². The van der Waals surface area contributed by atoms with Gasteiger partial charge < -0.3 is 40.1 Å². The lowest BCUT2D eigenvalue weighted by Gasteiger charge is -2.36. The topological polar surface area (TPSA) is 133 Å². The molecule has 0 aromatic rings. The van der Waals surface area contributed by atoms with E-state index in [9.17, 15) is 0 Å². The third-order valence-corrected chi connectivity index (χ3v) is 13.1. The van der Waals surface area contributed by atoms with E-state index >= 15 is 0 Å². The normalized spacial score (nSPS) is 22.4. The van der Waals surface area contributed by atoms with Gasteiger partial charge in [-0.25, -0.2) is 0 Å².